The molecule has 0 bridgehead atoms. The molecule has 0 radical (unpaired) electrons. The standard InChI is InChI=1S/C17H23N3O2/c21-16(19-14-3-1-2-4-14)12-5-7-15(8-6-12)20-17(22)13-9-10-18-11-13/h5-8,13-14,18H,1-4,9-11H2,(H,19,21)(H,20,22). The maximum atomic E-state index is 12.1. The second kappa shape index (κ2) is 6.92. The van der Waals surface area contributed by atoms with Gasteiger partial charge in [-0.2, -0.15) is 0 Å². The van der Waals surface area contributed by atoms with Crippen LogP contribution >= 0.6 is 0 Å². The fourth-order valence-corrected chi connectivity index (χ4v) is 3.17. The van der Waals surface area contributed by atoms with Gasteiger partial charge in [-0.25, -0.2) is 0 Å². The summed E-state index contributed by atoms with van der Waals surface area (Å²) in [5, 5.41) is 9.16. The van der Waals surface area contributed by atoms with Gasteiger partial charge in [0.1, 0.15) is 0 Å². The summed E-state index contributed by atoms with van der Waals surface area (Å²) in [5.41, 5.74) is 1.39. The van der Waals surface area contributed by atoms with Crippen molar-refractivity contribution in [3.8, 4) is 0 Å². The first-order valence-electron chi connectivity index (χ1n) is 8.15. The summed E-state index contributed by atoms with van der Waals surface area (Å²) < 4.78 is 0. The Hall–Kier alpha value is -1.88. The molecular weight excluding hydrogens is 278 g/mol. The van der Waals surface area contributed by atoms with E-state index in [0.29, 0.717) is 11.6 Å². The van der Waals surface area contributed by atoms with E-state index >= 15 is 0 Å². The Morgan fingerprint density at radius 1 is 1.05 bits per heavy atom. The van der Waals surface area contributed by atoms with Crippen molar-refractivity contribution in [3.05, 3.63) is 29.8 Å². The van der Waals surface area contributed by atoms with Crippen LogP contribution in [0.1, 0.15) is 42.5 Å². The largest absolute Gasteiger partial charge is 0.349 e. The van der Waals surface area contributed by atoms with Crippen LogP contribution in [0.15, 0.2) is 24.3 Å². The highest BCUT2D eigenvalue weighted by Gasteiger charge is 2.22. The van der Waals surface area contributed by atoms with Gasteiger partial charge >= 0.3 is 0 Å². The predicted octanol–water partition coefficient (Wildman–Crippen LogP) is 1.91. The highest BCUT2D eigenvalue weighted by molar-refractivity contribution is 5.96. The lowest BCUT2D eigenvalue weighted by molar-refractivity contribution is -0.119. The molecule has 118 valence electrons. The summed E-state index contributed by atoms with van der Waals surface area (Å²) in [5.74, 6) is 0.0725. The molecule has 1 heterocycles. The number of anilines is 1. The minimum atomic E-state index is -0.0234. The Morgan fingerprint density at radius 2 is 1.77 bits per heavy atom. The topological polar surface area (TPSA) is 70.2 Å². The number of carbonyl (C=O) groups is 2. The SMILES string of the molecule is O=C(NC1CCCC1)c1ccc(NC(=O)C2CCNC2)cc1. The van der Waals surface area contributed by atoms with Crippen LogP contribution in [0.25, 0.3) is 0 Å². The first-order chi connectivity index (χ1) is 10.7. The monoisotopic (exact) mass is 301 g/mol. The zero-order valence-corrected chi connectivity index (χ0v) is 12.7. The number of rotatable bonds is 4. The number of hydrogen-bond donors (Lipinski definition) is 3. The van der Waals surface area contributed by atoms with Crippen LogP contribution in [0.3, 0.4) is 0 Å². The molecule has 22 heavy (non-hydrogen) atoms. The quantitative estimate of drug-likeness (QED) is 0.795. The zero-order valence-electron chi connectivity index (χ0n) is 12.7. The average molecular weight is 301 g/mol. The van der Waals surface area contributed by atoms with Gasteiger partial charge in [0.15, 0.2) is 0 Å². The van der Waals surface area contributed by atoms with Crippen LogP contribution in [0.5, 0.6) is 0 Å². The van der Waals surface area contributed by atoms with Crippen LogP contribution in [-0.2, 0) is 4.79 Å². The van der Waals surface area contributed by atoms with Gasteiger partial charge in [-0.05, 0) is 50.1 Å². The summed E-state index contributed by atoms with van der Waals surface area (Å²) in [7, 11) is 0. The molecule has 2 aliphatic rings. The molecule has 1 aromatic carbocycles. The van der Waals surface area contributed by atoms with E-state index in [1.165, 1.54) is 12.8 Å². The Labute approximate surface area is 130 Å². The van der Waals surface area contributed by atoms with Gasteiger partial charge in [0, 0.05) is 23.8 Å². The molecule has 5 nitrogen and oxygen atoms in total. The van der Waals surface area contributed by atoms with Gasteiger partial charge in [-0.15, -0.1) is 0 Å². The summed E-state index contributed by atoms with van der Waals surface area (Å²) in [6.45, 7) is 1.64. The molecule has 0 spiro atoms. The van der Waals surface area contributed by atoms with Crippen LogP contribution in [-0.4, -0.2) is 30.9 Å². The molecule has 2 amide bonds. The minimum Gasteiger partial charge on any atom is -0.349 e. The van der Waals surface area contributed by atoms with E-state index in [1.807, 2.05) is 0 Å². The summed E-state index contributed by atoms with van der Waals surface area (Å²) in [4.78, 5) is 24.2. The van der Waals surface area contributed by atoms with E-state index in [1.54, 1.807) is 24.3 Å². The first kappa shape index (κ1) is 15.0. The normalized spacial score (nSPS) is 21.7. The predicted molar refractivity (Wildman–Crippen MR) is 85.8 cm³/mol. The van der Waals surface area contributed by atoms with Gasteiger partial charge < -0.3 is 16.0 Å². The molecule has 3 N–H and O–H groups in total. The summed E-state index contributed by atoms with van der Waals surface area (Å²) in [6.07, 6.45) is 5.44. The highest BCUT2D eigenvalue weighted by atomic mass is 16.2. The Kier molecular flexibility index (Phi) is 4.73. The fourth-order valence-electron chi connectivity index (χ4n) is 3.17. The third-order valence-corrected chi connectivity index (χ3v) is 4.54. The Morgan fingerprint density at radius 3 is 2.41 bits per heavy atom. The van der Waals surface area contributed by atoms with Gasteiger partial charge in [0.2, 0.25) is 5.91 Å². The van der Waals surface area contributed by atoms with E-state index in [4.69, 9.17) is 0 Å². The van der Waals surface area contributed by atoms with Crippen molar-refractivity contribution < 1.29 is 9.59 Å². The lowest BCUT2D eigenvalue weighted by atomic mass is 10.1. The van der Waals surface area contributed by atoms with E-state index in [-0.39, 0.29) is 17.7 Å². The van der Waals surface area contributed by atoms with Crippen LogP contribution < -0.4 is 16.0 Å². The minimum absolute atomic E-state index is 0.0234. The second-order valence-electron chi connectivity index (χ2n) is 6.21. The Bertz CT molecular complexity index is 529. The van der Waals surface area contributed by atoms with Crippen molar-refractivity contribution in [2.45, 2.75) is 38.1 Å². The zero-order chi connectivity index (χ0) is 15.4. The third-order valence-electron chi connectivity index (χ3n) is 4.54. The van der Waals surface area contributed by atoms with Crippen LogP contribution in [0.4, 0.5) is 5.69 Å². The molecule has 1 aliphatic carbocycles. The lowest BCUT2D eigenvalue weighted by Crippen LogP contribution is -2.32. The highest BCUT2D eigenvalue weighted by Crippen LogP contribution is 2.19. The molecule has 1 atom stereocenters. The molecule has 1 unspecified atom stereocenters. The smallest absolute Gasteiger partial charge is 0.251 e. The average Bonchev–Trinajstić information content (AvgIpc) is 3.21. The fraction of sp³-hybridized carbons (Fsp3) is 0.529. The molecule has 1 aromatic rings. The summed E-state index contributed by atoms with van der Waals surface area (Å²) >= 11 is 0. The van der Waals surface area contributed by atoms with Crippen molar-refractivity contribution >= 4 is 17.5 Å². The van der Waals surface area contributed by atoms with Crippen molar-refractivity contribution in [1.82, 2.24) is 10.6 Å². The number of benzene rings is 1. The number of carbonyl (C=O) groups excluding carboxylic acids is 2. The van der Waals surface area contributed by atoms with Crippen molar-refractivity contribution in [1.29, 1.82) is 0 Å². The maximum Gasteiger partial charge on any atom is 0.251 e. The molecule has 1 saturated heterocycles. The number of hydrogen-bond acceptors (Lipinski definition) is 3. The van der Waals surface area contributed by atoms with Crippen molar-refractivity contribution in [2.24, 2.45) is 5.92 Å². The van der Waals surface area contributed by atoms with E-state index in [9.17, 15) is 9.59 Å². The Balaban J connectivity index is 1.55. The lowest BCUT2D eigenvalue weighted by Gasteiger charge is -2.13. The van der Waals surface area contributed by atoms with Gasteiger partial charge in [0.05, 0.1) is 5.92 Å². The molecule has 5 heteroatoms. The summed E-state index contributed by atoms with van der Waals surface area (Å²) in [6, 6.07) is 7.45. The molecule has 1 saturated carbocycles. The third kappa shape index (κ3) is 3.65. The molecule has 3 rings (SSSR count). The maximum absolute atomic E-state index is 12.1. The van der Waals surface area contributed by atoms with Crippen LogP contribution in [0, 0.1) is 5.92 Å². The van der Waals surface area contributed by atoms with Crippen molar-refractivity contribution in [3.63, 3.8) is 0 Å². The van der Waals surface area contributed by atoms with Gasteiger partial charge in [-0.3, -0.25) is 9.59 Å². The van der Waals surface area contributed by atoms with Crippen molar-refractivity contribution in [2.75, 3.05) is 18.4 Å². The van der Waals surface area contributed by atoms with E-state index in [0.717, 1.165) is 38.0 Å². The second-order valence-corrected chi connectivity index (χ2v) is 6.21. The molecular formula is C17H23N3O2. The number of amides is 2. The molecule has 2 fully saturated rings. The van der Waals surface area contributed by atoms with Gasteiger partial charge in [-0.1, -0.05) is 12.8 Å². The van der Waals surface area contributed by atoms with Crippen LogP contribution in [0.2, 0.25) is 0 Å². The molecule has 0 aromatic heterocycles. The van der Waals surface area contributed by atoms with Gasteiger partial charge in [0.25, 0.3) is 5.91 Å². The number of nitrogens with one attached hydrogen (secondary N) is 3. The first-order valence-corrected chi connectivity index (χ1v) is 8.15. The molecule has 1 aliphatic heterocycles. The van der Waals surface area contributed by atoms with E-state index < -0.39 is 0 Å². The van der Waals surface area contributed by atoms with E-state index in [2.05, 4.69) is 16.0 Å².